The molecule has 1 N–H and O–H groups in total. The van der Waals surface area contributed by atoms with Crippen molar-refractivity contribution in [2.24, 2.45) is 0 Å². The largest absolute Gasteiger partial charge is 0.354 e. The van der Waals surface area contributed by atoms with Gasteiger partial charge in [0.2, 0.25) is 0 Å². The molecule has 0 aliphatic rings. The van der Waals surface area contributed by atoms with E-state index in [1.54, 1.807) is 0 Å². The lowest BCUT2D eigenvalue weighted by molar-refractivity contribution is 0.112. The van der Waals surface area contributed by atoms with Gasteiger partial charge in [0, 0.05) is 28.1 Å². The summed E-state index contributed by atoms with van der Waals surface area (Å²) in [4.78, 5) is 14.1. The maximum absolute atomic E-state index is 13.8. The van der Waals surface area contributed by atoms with Crippen LogP contribution in [0.4, 0.5) is 13.2 Å². The highest BCUT2D eigenvalue weighted by molar-refractivity contribution is 6.04. The SMILES string of the molecule is O=Cc1c(-c2ccc(F)cc2F)[nH]c2ccc(F)cc12. The van der Waals surface area contributed by atoms with Crippen molar-refractivity contribution in [3.63, 3.8) is 0 Å². The molecule has 2 nitrogen and oxygen atoms in total. The monoisotopic (exact) mass is 275 g/mol. The Morgan fingerprint density at radius 3 is 2.35 bits per heavy atom. The number of fused-ring (bicyclic) bond motifs is 1. The first kappa shape index (κ1) is 12.5. The summed E-state index contributed by atoms with van der Waals surface area (Å²) in [6, 6.07) is 6.95. The van der Waals surface area contributed by atoms with E-state index < -0.39 is 17.5 Å². The molecule has 0 unspecified atom stereocenters. The van der Waals surface area contributed by atoms with Crippen LogP contribution in [0.3, 0.4) is 0 Å². The molecule has 0 bridgehead atoms. The zero-order valence-corrected chi connectivity index (χ0v) is 10.1. The van der Waals surface area contributed by atoms with E-state index in [4.69, 9.17) is 0 Å². The molecule has 0 saturated heterocycles. The minimum absolute atomic E-state index is 0.0603. The fourth-order valence-corrected chi connectivity index (χ4v) is 2.21. The minimum atomic E-state index is -0.792. The van der Waals surface area contributed by atoms with Crippen molar-refractivity contribution in [3.8, 4) is 11.3 Å². The second-order valence-corrected chi connectivity index (χ2v) is 4.35. The average Bonchev–Trinajstić information content (AvgIpc) is 2.76. The minimum Gasteiger partial charge on any atom is -0.354 e. The van der Waals surface area contributed by atoms with Crippen LogP contribution in [0.5, 0.6) is 0 Å². The van der Waals surface area contributed by atoms with Crippen LogP contribution < -0.4 is 0 Å². The molecule has 5 heteroatoms. The number of hydrogen-bond donors (Lipinski definition) is 1. The van der Waals surface area contributed by atoms with E-state index in [2.05, 4.69) is 4.98 Å². The van der Waals surface area contributed by atoms with Gasteiger partial charge >= 0.3 is 0 Å². The van der Waals surface area contributed by atoms with Crippen molar-refractivity contribution in [1.29, 1.82) is 0 Å². The summed E-state index contributed by atoms with van der Waals surface area (Å²) in [5.41, 5.74) is 0.917. The summed E-state index contributed by atoms with van der Waals surface area (Å²) in [6.45, 7) is 0. The molecule has 3 aromatic rings. The van der Waals surface area contributed by atoms with Crippen LogP contribution in [0.15, 0.2) is 36.4 Å². The molecule has 0 atom stereocenters. The van der Waals surface area contributed by atoms with Crippen LogP contribution in [0.25, 0.3) is 22.2 Å². The number of nitrogens with one attached hydrogen (secondary N) is 1. The van der Waals surface area contributed by atoms with Crippen molar-refractivity contribution < 1.29 is 18.0 Å². The van der Waals surface area contributed by atoms with E-state index >= 15 is 0 Å². The molecule has 3 rings (SSSR count). The molecule has 20 heavy (non-hydrogen) atoms. The molecule has 2 aromatic carbocycles. The standard InChI is InChI=1S/C15H8F3NO/c16-8-2-4-14-11(5-8)12(7-20)15(19-14)10-3-1-9(17)6-13(10)18/h1-7,19H. The molecule has 0 saturated carbocycles. The van der Waals surface area contributed by atoms with E-state index in [0.29, 0.717) is 17.2 Å². The van der Waals surface area contributed by atoms with Gasteiger partial charge in [-0.3, -0.25) is 4.79 Å². The number of aldehydes is 1. The first-order valence-electron chi connectivity index (χ1n) is 5.82. The van der Waals surface area contributed by atoms with Crippen LogP contribution in [0.2, 0.25) is 0 Å². The van der Waals surface area contributed by atoms with Crippen LogP contribution in [-0.2, 0) is 0 Å². The summed E-state index contributed by atoms with van der Waals surface area (Å²) in [6.07, 6.45) is 0.524. The molecule has 0 aliphatic carbocycles. The van der Waals surface area contributed by atoms with E-state index in [0.717, 1.165) is 12.1 Å². The number of hydrogen-bond acceptors (Lipinski definition) is 1. The Balaban J connectivity index is 2.33. The molecule has 0 aliphatic heterocycles. The van der Waals surface area contributed by atoms with Crippen molar-refractivity contribution in [2.45, 2.75) is 0 Å². The van der Waals surface area contributed by atoms with Crippen LogP contribution in [0.1, 0.15) is 10.4 Å². The van der Waals surface area contributed by atoms with Gasteiger partial charge in [0.15, 0.2) is 6.29 Å². The lowest BCUT2D eigenvalue weighted by atomic mass is 10.1. The quantitative estimate of drug-likeness (QED) is 0.703. The number of aromatic nitrogens is 1. The van der Waals surface area contributed by atoms with E-state index in [1.165, 1.54) is 24.3 Å². The zero-order valence-electron chi connectivity index (χ0n) is 10.1. The highest BCUT2D eigenvalue weighted by atomic mass is 19.1. The van der Waals surface area contributed by atoms with Gasteiger partial charge in [0.1, 0.15) is 17.5 Å². The molecule has 1 heterocycles. The van der Waals surface area contributed by atoms with Gasteiger partial charge in [0.05, 0.1) is 5.69 Å². The Bertz CT molecular complexity index is 823. The smallest absolute Gasteiger partial charge is 0.152 e. The van der Waals surface area contributed by atoms with Crippen LogP contribution in [0, 0.1) is 17.5 Å². The number of carbonyl (C=O) groups is 1. The Morgan fingerprint density at radius 2 is 1.65 bits per heavy atom. The van der Waals surface area contributed by atoms with Crippen molar-refractivity contribution in [3.05, 3.63) is 59.4 Å². The van der Waals surface area contributed by atoms with Gasteiger partial charge in [-0.05, 0) is 30.3 Å². The number of rotatable bonds is 2. The molecule has 0 fully saturated rings. The molecule has 0 amide bonds. The Labute approximate surface area is 111 Å². The second kappa shape index (κ2) is 4.52. The fourth-order valence-electron chi connectivity index (χ4n) is 2.21. The number of benzene rings is 2. The van der Waals surface area contributed by atoms with Crippen LogP contribution >= 0.6 is 0 Å². The van der Waals surface area contributed by atoms with Gasteiger partial charge in [0.25, 0.3) is 0 Å². The van der Waals surface area contributed by atoms with Crippen molar-refractivity contribution in [2.75, 3.05) is 0 Å². The third-order valence-electron chi connectivity index (χ3n) is 3.12. The van der Waals surface area contributed by atoms with Crippen LogP contribution in [-0.4, -0.2) is 11.3 Å². The number of halogens is 3. The maximum atomic E-state index is 13.8. The Hall–Kier alpha value is -2.56. The summed E-state index contributed by atoms with van der Waals surface area (Å²) >= 11 is 0. The van der Waals surface area contributed by atoms with E-state index in [1.807, 2.05) is 0 Å². The lowest BCUT2D eigenvalue weighted by Gasteiger charge is -2.02. The normalized spacial score (nSPS) is 10.9. The zero-order chi connectivity index (χ0) is 14.3. The molecule has 1 aromatic heterocycles. The number of carbonyl (C=O) groups excluding carboxylic acids is 1. The Morgan fingerprint density at radius 1 is 0.950 bits per heavy atom. The topological polar surface area (TPSA) is 32.9 Å². The van der Waals surface area contributed by atoms with Gasteiger partial charge in [-0.15, -0.1) is 0 Å². The summed E-state index contributed by atoms with van der Waals surface area (Å²) in [5, 5.41) is 0.360. The third-order valence-corrected chi connectivity index (χ3v) is 3.12. The van der Waals surface area contributed by atoms with E-state index in [9.17, 15) is 18.0 Å². The highest BCUT2D eigenvalue weighted by Gasteiger charge is 2.16. The first-order chi connectivity index (χ1) is 9.60. The third kappa shape index (κ3) is 1.87. The number of aromatic amines is 1. The maximum Gasteiger partial charge on any atom is 0.152 e. The second-order valence-electron chi connectivity index (χ2n) is 4.35. The predicted octanol–water partition coefficient (Wildman–Crippen LogP) is 4.06. The molecular formula is C15H8F3NO. The first-order valence-corrected chi connectivity index (χ1v) is 5.82. The van der Waals surface area contributed by atoms with Crippen molar-refractivity contribution in [1.82, 2.24) is 4.98 Å². The average molecular weight is 275 g/mol. The highest BCUT2D eigenvalue weighted by Crippen LogP contribution is 2.31. The lowest BCUT2D eigenvalue weighted by Crippen LogP contribution is -1.90. The summed E-state index contributed by atoms with van der Waals surface area (Å²) in [5.74, 6) is -1.99. The summed E-state index contributed by atoms with van der Waals surface area (Å²) in [7, 11) is 0. The van der Waals surface area contributed by atoms with Gasteiger partial charge in [-0.1, -0.05) is 0 Å². The van der Waals surface area contributed by atoms with Gasteiger partial charge in [-0.2, -0.15) is 0 Å². The summed E-state index contributed by atoms with van der Waals surface area (Å²) < 4.78 is 40.0. The van der Waals surface area contributed by atoms with Gasteiger partial charge < -0.3 is 4.98 Å². The molecule has 0 radical (unpaired) electrons. The van der Waals surface area contributed by atoms with Crippen molar-refractivity contribution >= 4 is 17.2 Å². The predicted molar refractivity (Wildman–Crippen MR) is 69.0 cm³/mol. The molecular weight excluding hydrogens is 267 g/mol. The Kier molecular flexibility index (Phi) is 2.82. The molecule has 0 spiro atoms. The fraction of sp³-hybridized carbons (Fsp3) is 0. The number of H-pyrrole nitrogens is 1. The van der Waals surface area contributed by atoms with E-state index in [-0.39, 0.29) is 16.8 Å². The van der Waals surface area contributed by atoms with Gasteiger partial charge in [-0.25, -0.2) is 13.2 Å². The molecule has 100 valence electrons.